The molecule has 7 heteroatoms. The topological polar surface area (TPSA) is 72.6 Å². The van der Waals surface area contributed by atoms with Crippen LogP contribution in [0.1, 0.15) is 61.1 Å². The Bertz CT molecular complexity index is 1650. The van der Waals surface area contributed by atoms with Gasteiger partial charge in [-0.05, 0) is 38.6 Å². The van der Waals surface area contributed by atoms with Crippen molar-refractivity contribution >= 4 is 5.82 Å². The van der Waals surface area contributed by atoms with Gasteiger partial charge in [0.15, 0.2) is 17.5 Å². The molecule has 3 aromatic heterocycles. The van der Waals surface area contributed by atoms with Crippen molar-refractivity contribution in [1.29, 1.82) is 0 Å². The first-order chi connectivity index (χ1) is 19.8. The van der Waals surface area contributed by atoms with Gasteiger partial charge in [0, 0.05) is 44.6 Å². The Labute approximate surface area is 198 Å². The minimum atomic E-state index is -3.63. The molecule has 1 aliphatic heterocycles. The fourth-order valence-electron chi connectivity index (χ4n) is 3.72. The molecule has 4 heterocycles. The molecule has 156 valence electrons. The largest absolute Gasteiger partial charge is 0.342 e. The highest BCUT2D eigenvalue weighted by Gasteiger charge is 2.36. The molecule has 1 aromatic carbocycles. The predicted molar refractivity (Wildman–Crippen MR) is 121 cm³/mol. The Morgan fingerprint density at radius 1 is 1.13 bits per heavy atom. The minimum absolute atomic E-state index is 0.0363. The van der Waals surface area contributed by atoms with Crippen molar-refractivity contribution < 1.29 is 16.4 Å². The number of fused-ring (bicyclic) bond motifs is 3. The molecular weight excluding hydrogens is 386 g/mol. The number of pyridine rings is 1. The lowest BCUT2D eigenvalue weighted by Gasteiger charge is -2.39. The second-order valence-electron chi connectivity index (χ2n) is 6.90. The Morgan fingerprint density at radius 2 is 2.00 bits per heavy atom. The second kappa shape index (κ2) is 7.58. The normalized spacial score (nSPS) is 22.9. The zero-order valence-electron chi connectivity index (χ0n) is 28.4. The first kappa shape index (κ1) is 10.1. The molecule has 0 spiro atoms. The molecule has 0 fully saturated rings. The number of aromatic nitrogens is 6. The van der Waals surface area contributed by atoms with E-state index in [1.54, 1.807) is 24.4 Å². The average Bonchev–Trinajstić information content (AvgIpc) is 3.31. The fraction of sp³-hybridized carbons (Fsp3) is 0.292. The molecule has 0 N–H and O–H groups in total. The van der Waals surface area contributed by atoms with Crippen LogP contribution in [0.3, 0.4) is 0 Å². The summed E-state index contributed by atoms with van der Waals surface area (Å²) in [5.41, 5.74) is 1.66. The molecule has 7 nitrogen and oxygen atoms in total. The van der Waals surface area contributed by atoms with E-state index < -0.39 is 50.6 Å². The number of benzene rings is 1. The standard InChI is InChI=1S/C24H25N7/c1-5-20-24-29-28-16(4)31(24)21-14-26-22(27-23(21)30(20)15(2)3)18-11-12-25-13-19(18)17-9-7-6-8-10-17/h6-15,20H,5H2,1-4H3/t20-/m1/s1/i1D3,2D3,3D3,5D2,15D. The summed E-state index contributed by atoms with van der Waals surface area (Å²) in [7, 11) is 0. The van der Waals surface area contributed by atoms with Gasteiger partial charge in [-0.3, -0.25) is 9.55 Å². The summed E-state index contributed by atoms with van der Waals surface area (Å²) in [5.74, 6) is -0.797. The molecule has 0 amide bonds. The number of rotatable bonds is 4. The quantitative estimate of drug-likeness (QED) is 0.471. The molecule has 0 unspecified atom stereocenters. The highest BCUT2D eigenvalue weighted by atomic mass is 15.4. The third kappa shape index (κ3) is 3.08. The van der Waals surface area contributed by atoms with E-state index in [1.807, 2.05) is 18.2 Å². The van der Waals surface area contributed by atoms with Gasteiger partial charge in [0.1, 0.15) is 11.5 Å². The van der Waals surface area contributed by atoms with Gasteiger partial charge < -0.3 is 4.90 Å². The molecule has 1 aliphatic rings. The van der Waals surface area contributed by atoms with Crippen molar-refractivity contribution in [3.05, 3.63) is 66.6 Å². The molecule has 0 aliphatic carbocycles. The van der Waals surface area contributed by atoms with Crippen LogP contribution in [0.4, 0.5) is 5.82 Å². The van der Waals surface area contributed by atoms with E-state index in [2.05, 4.69) is 25.1 Å². The van der Waals surface area contributed by atoms with Gasteiger partial charge in [-0.1, -0.05) is 37.2 Å². The third-order valence-electron chi connectivity index (χ3n) is 5.10. The fourth-order valence-corrected chi connectivity index (χ4v) is 3.72. The van der Waals surface area contributed by atoms with Crippen LogP contribution in [0.5, 0.6) is 0 Å². The number of aryl methyl sites for hydroxylation is 1. The Morgan fingerprint density at radius 3 is 2.81 bits per heavy atom. The summed E-state index contributed by atoms with van der Waals surface area (Å²) in [6.45, 7) is -9.20. The van der Waals surface area contributed by atoms with E-state index in [0.29, 0.717) is 16.0 Å². The number of hydrogen-bond acceptors (Lipinski definition) is 6. The van der Waals surface area contributed by atoms with Crippen molar-refractivity contribution in [3.8, 4) is 28.2 Å². The van der Waals surface area contributed by atoms with Gasteiger partial charge in [0.05, 0.1) is 13.6 Å². The highest BCUT2D eigenvalue weighted by Crippen LogP contribution is 2.41. The zero-order chi connectivity index (χ0) is 31.8. The SMILES string of the molecule is [2H]C([2H])([2H])C([2H])([2H])[C@@H]1c2nnc(C)n2-c2cnc(-c3ccncc3-c3ccccc3)nc2N1C([2H])(C([2H])([2H])[2H])C([2H])([2H])[2H]. The van der Waals surface area contributed by atoms with Crippen molar-refractivity contribution in [2.24, 2.45) is 0 Å². The summed E-state index contributed by atoms with van der Waals surface area (Å²) in [6, 6.07) is 4.81. The molecule has 4 aromatic rings. The number of anilines is 1. The van der Waals surface area contributed by atoms with E-state index in [9.17, 15) is 0 Å². The summed E-state index contributed by atoms with van der Waals surface area (Å²) in [6.07, 6.45) is 0.936. The maximum atomic E-state index is 9.09. The van der Waals surface area contributed by atoms with Crippen LogP contribution in [0.25, 0.3) is 28.2 Å². The van der Waals surface area contributed by atoms with Crippen LogP contribution in [0.15, 0.2) is 55.0 Å². The van der Waals surface area contributed by atoms with Gasteiger partial charge in [0.25, 0.3) is 0 Å². The van der Waals surface area contributed by atoms with Crippen molar-refractivity contribution in [3.63, 3.8) is 0 Å². The van der Waals surface area contributed by atoms with Gasteiger partial charge in [-0.2, -0.15) is 0 Å². The van der Waals surface area contributed by atoms with E-state index >= 15 is 0 Å². The van der Waals surface area contributed by atoms with E-state index in [4.69, 9.17) is 16.4 Å². The Hall–Kier alpha value is -3.61. The lowest BCUT2D eigenvalue weighted by atomic mass is 10.0. The van der Waals surface area contributed by atoms with Crippen molar-refractivity contribution in [2.75, 3.05) is 4.90 Å². The second-order valence-corrected chi connectivity index (χ2v) is 6.90. The summed E-state index contributed by atoms with van der Waals surface area (Å²) < 4.78 is 101. The van der Waals surface area contributed by atoms with Gasteiger partial charge in [0.2, 0.25) is 0 Å². The van der Waals surface area contributed by atoms with E-state index in [-0.39, 0.29) is 17.3 Å². The monoisotopic (exact) mass is 423 g/mol. The summed E-state index contributed by atoms with van der Waals surface area (Å²) >= 11 is 0. The summed E-state index contributed by atoms with van der Waals surface area (Å²) in [5, 5.41) is 7.89. The number of nitrogens with zero attached hydrogens (tertiary/aromatic N) is 7. The maximum Gasteiger partial charge on any atom is 0.162 e. The van der Waals surface area contributed by atoms with Crippen LogP contribution < -0.4 is 4.90 Å². The van der Waals surface area contributed by atoms with Crippen LogP contribution in [0, 0.1) is 6.92 Å². The molecule has 5 rings (SSSR count). The average molecular weight is 424 g/mol. The first-order valence-electron chi connectivity index (χ1n) is 15.4. The molecule has 0 saturated carbocycles. The van der Waals surface area contributed by atoms with Crippen LogP contribution in [0.2, 0.25) is 0 Å². The minimum Gasteiger partial charge on any atom is -0.342 e. The van der Waals surface area contributed by atoms with Gasteiger partial charge in [-0.15, -0.1) is 10.2 Å². The van der Waals surface area contributed by atoms with Gasteiger partial charge >= 0.3 is 0 Å². The third-order valence-corrected chi connectivity index (χ3v) is 5.10. The number of hydrogen-bond donors (Lipinski definition) is 0. The molecule has 0 saturated heterocycles. The molecule has 31 heavy (non-hydrogen) atoms. The van der Waals surface area contributed by atoms with Crippen LogP contribution >= 0.6 is 0 Å². The lowest BCUT2D eigenvalue weighted by Crippen LogP contribution is -2.40. The predicted octanol–water partition coefficient (Wildman–Crippen LogP) is 4.77. The lowest BCUT2D eigenvalue weighted by molar-refractivity contribution is 0.496. The molecule has 0 radical (unpaired) electrons. The smallest absolute Gasteiger partial charge is 0.162 e. The molecule has 0 bridgehead atoms. The Kier molecular flexibility index (Phi) is 2.48. The van der Waals surface area contributed by atoms with Crippen LogP contribution in [-0.2, 0) is 0 Å². The zero-order valence-corrected chi connectivity index (χ0v) is 16.4. The molecule has 1 atom stereocenters. The van der Waals surface area contributed by atoms with Gasteiger partial charge in [-0.25, -0.2) is 9.97 Å². The van der Waals surface area contributed by atoms with E-state index in [0.717, 1.165) is 5.56 Å². The highest BCUT2D eigenvalue weighted by molar-refractivity contribution is 5.80. The summed E-state index contributed by atoms with van der Waals surface area (Å²) in [4.78, 5) is 13.6. The maximum absolute atomic E-state index is 9.09. The van der Waals surface area contributed by atoms with Crippen LogP contribution in [-0.4, -0.2) is 35.7 Å². The van der Waals surface area contributed by atoms with Crippen molar-refractivity contribution in [1.82, 2.24) is 29.7 Å². The van der Waals surface area contributed by atoms with Crippen molar-refractivity contribution in [2.45, 2.75) is 45.9 Å². The first-order valence-corrected chi connectivity index (χ1v) is 9.41. The molecular formula is C24H25N7. The van der Waals surface area contributed by atoms with E-state index in [1.165, 1.54) is 23.9 Å². The Balaban J connectivity index is 1.90.